The second-order valence-electron chi connectivity index (χ2n) is 4.23. The van der Waals surface area contributed by atoms with Crippen LogP contribution in [0.2, 0.25) is 0 Å². The summed E-state index contributed by atoms with van der Waals surface area (Å²) in [6.07, 6.45) is 4.26. The molecule has 1 saturated heterocycles. The van der Waals surface area contributed by atoms with Crippen molar-refractivity contribution in [1.82, 2.24) is 5.32 Å². The van der Waals surface area contributed by atoms with E-state index < -0.39 is 0 Å². The average molecular weight is 199 g/mol. The summed E-state index contributed by atoms with van der Waals surface area (Å²) >= 11 is 0. The number of nitrogens with one attached hydrogen (secondary N) is 1. The van der Waals surface area contributed by atoms with Gasteiger partial charge in [-0.3, -0.25) is 4.79 Å². The molecule has 1 aliphatic rings. The maximum Gasteiger partial charge on any atom is 0.158 e. The molecule has 1 unspecified atom stereocenters. The fourth-order valence-electron chi connectivity index (χ4n) is 1.67. The zero-order valence-corrected chi connectivity index (χ0v) is 9.21. The Morgan fingerprint density at radius 1 is 1.57 bits per heavy atom. The molecule has 0 saturated carbocycles. The topological polar surface area (TPSA) is 38.3 Å². The van der Waals surface area contributed by atoms with Crippen molar-refractivity contribution in [2.45, 2.75) is 51.7 Å². The normalized spacial score (nSPS) is 21.8. The molecule has 0 amide bonds. The van der Waals surface area contributed by atoms with E-state index >= 15 is 0 Å². The van der Waals surface area contributed by atoms with E-state index in [1.54, 1.807) is 0 Å². The highest BCUT2D eigenvalue weighted by Gasteiger charge is 2.15. The minimum absolute atomic E-state index is 0.156. The lowest BCUT2D eigenvalue weighted by molar-refractivity contribution is -0.125. The lowest BCUT2D eigenvalue weighted by Gasteiger charge is -2.10. The van der Waals surface area contributed by atoms with E-state index in [2.05, 4.69) is 5.32 Å². The molecule has 0 aromatic heterocycles. The molecule has 1 N–H and O–H groups in total. The van der Waals surface area contributed by atoms with Crippen molar-refractivity contribution in [2.75, 3.05) is 13.2 Å². The summed E-state index contributed by atoms with van der Waals surface area (Å²) in [6, 6.07) is 0.568. The largest absolute Gasteiger partial charge is 0.371 e. The van der Waals surface area contributed by atoms with Gasteiger partial charge in [0.2, 0.25) is 0 Å². The van der Waals surface area contributed by atoms with E-state index in [0.717, 1.165) is 13.0 Å². The number of rotatable bonds is 6. The molecule has 1 rings (SSSR count). The Labute approximate surface area is 86.2 Å². The van der Waals surface area contributed by atoms with Gasteiger partial charge in [-0.2, -0.15) is 0 Å². The quantitative estimate of drug-likeness (QED) is 0.704. The van der Waals surface area contributed by atoms with E-state index in [-0.39, 0.29) is 18.5 Å². The van der Waals surface area contributed by atoms with Gasteiger partial charge in [-0.1, -0.05) is 0 Å². The Morgan fingerprint density at radius 2 is 2.36 bits per heavy atom. The Morgan fingerprint density at radius 3 is 2.93 bits per heavy atom. The van der Waals surface area contributed by atoms with Gasteiger partial charge in [0.1, 0.15) is 6.61 Å². The minimum Gasteiger partial charge on any atom is -0.371 e. The Balaban J connectivity index is 2.02. The number of hydrogen-bond donors (Lipinski definition) is 1. The van der Waals surface area contributed by atoms with Crippen molar-refractivity contribution in [3.05, 3.63) is 0 Å². The number of hydrogen-bond acceptors (Lipinski definition) is 3. The first-order chi connectivity index (χ1) is 6.68. The molecule has 1 atom stereocenters. The smallest absolute Gasteiger partial charge is 0.158 e. The van der Waals surface area contributed by atoms with Crippen molar-refractivity contribution < 1.29 is 9.53 Å². The van der Waals surface area contributed by atoms with E-state index in [9.17, 15) is 4.79 Å². The molecule has 1 aliphatic heterocycles. The van der Waals surface area contributed by atoms with Gasteiger partial charge in [0.15, 0.2) is 5.78 Å². The predicted molar refractivity (Wildman–Crippen MR) is 56.4 cm³/mol. The van der Waals surface area contributed by atoms with E-state index in [4.69, 9.17) is 4.74 Å². The fourth-order valence-corrected chi connectivity index (χ4v) is 1.67. The van der Waals surface area contributed by atoms with Crippen LogP contribution >= 0.6 is 0 Å². The maximum atomic E-state index is 11.4. The number of carbonyl (C=O) groups excluding carboxylic acids is 1. The molecule has 0 radical (unpaired) electrons. The monoisotopic (exact) mass is 199 g/mol. The number of ketones is 1. The van der Waals surface area contributed by atoms with Crippen molar-refractivity contribution in [3.63, 3.8) is 0 Å². The van der Waals surface area contributed by atoms with Crippen LogP contribution in [-0.4, -0.2) is 31.1 Å². The van der Waals surface area contributed by atoms with E-state index in [0.29, 0.717) is 12.5 Å². The van der Waals surface area contributed by atoms with Crippen molar-refractivity contribution >= 4 is 5.78 Å². The maximum absolute atomic E-state index is 11.4. The molecule has 82 valence electrons. The first-order valence-corrected chi connectivity index (χ1v) is 5.55. The third-order valence-corrected chi connectivity index (χ3v) is 2.51. The second-order valence-corrected chi connectivity index (χ2v) is 4.23. The molecule has 1 fully saturated rings. The predicted octanol–water partition coefficient (Wildman–Crippen LogP) is 1.51. The summed E-state index contributed by atoms with van der Waals surface area (Å²) in [4.78, 5) is 11.4. The third kappa shape index (κ3) is 4.72. The molecule has 3 nitrogen and oxygen atoms in total. The third-order valence-electron chi connectivity index (χ3n) is 2.51. The lowest BCUT2D eigenvalue weighted by atomic mass is 10.1. The standard InChI is InChI=1S/C11H21NO2/c1-9(2)14-8-11(13)6-5-10-4-3-7-12-10/h9-10,12H,3-8H2,1-2H3. The molecule has 0 aliphatic carbocycles. The van der Waals surface area contributed by atoms with Gasteiger partial charge in [-0.05, 0) is 39.7 Å². The number of Topliss-reactive ketones (excluding diaryl/α,β-unsaturated/α-hetero) is 1. The second kappa shape index (κ2) is 6.14. The molecule has 1 heterocycles. The van der Waals surface area contributed by atoms with Crippen LogP contribution in [0.5, 0.6) is 0 Å². The van der Waals surface area contributed by atoms with E-state index in [1.807, 2.05) is 13.8 Å². The van der Waals surface area contributed by atoms with Crippen LogP contribution in [0.25, 0.3) is 0 Å². The van der Waals surface area contributed by atoms with Crippen molar-refractivity contribution in [3.8, 4) is 0 Å². The highest BCUT2D eigenvalue weighted by molar-refractivity contribution is 5.79. The van der Waals surface area contributed by atoms with Gasteiger partial charge in [0, 0.05) is 12.5 Å². The van der Waals surface area contributed by atoms with Crippen LogP contribution in [0.1, 0.15) is 39.5 Å². The van der Waals surface area contributed by atoms with Gasteiger partial charge in [0.05, 0.1) is 6.10 Å². The van der Waals surface area contributed by atoms with Crippen LogP contribution in [0.4, 0.5) is 0 Å². The first kappa shape index (κ1) is 11.7. The van der Waals surface area contributed by atoms with Gasteiger partial charge in [0.25, 0.3) is 0 Å². The summed E-state index contributed by atoms with van der Waals surface area (Å²) in [6.45, 7) is 5.29. The summed E-state index contributed by atoms with van der Waals surface area (Å²) in [5.74, 6) is 0.229. The molecule has 3 heteroatoms. The Bertz CT molecular complexity index is 174. The molecule has 14 heavy (non-hydrogen) atoms. The number of carbonyl (C=O) groups is 1. The number of ether oxygens (including phenoxy) is 1. The average Bonchev–Trinajstić information content (AvgIpc) is 2.63. The SMILES string of the molecule is CC(C)OCC(=O)CCC1CCCN1. The summed E-state index contributed by atoms with van der Waals surface area (Å²) in [5, 5.41) is 3.38. The van der Waals surface area contributed by atoms with Crippen LogP contribution < -0.4 is 5.32 Å². The first-order valence-electron chi connectivity index (χ1n) is 5.55. The Kier molecular flexibility index (Phi) is 5.12. The summed E-state index contributed by atoms with van der Waals surface area (Å²) in [5.41, 5.74) is 0. The molecular formula is C11H21NO2. The van der Waals surface area contributed by atoms with E-state index in [1.165, 1.54) is 12.8 Å². The molecule has 0 aromatic rings. The molecule has 0 bridgehead atoms. The van der Waals surface area contributed by atoms with Crippen LogP contribution in [0.15, 0.2) is 0 Å². The van der Waals surface area contributed by atoms with Crippen LogP contribution in [-0.2, 0) is 9.53 Å². The zero-order chi connectivity index (χ0) is 10.4. The van der Waals surface area contributed by atoms with Crippen molar-refractivity contribution in [2.24, 2.45) is 0 Å². The lowest BCUT2D eigenvalue weighted by Crippen LogP contribution is -2.23. The van der Waals surface area contributed by atoms with Crippen LogP contribution in [0.3, 0.4) is 0 Å². The Hall–Kier alpha value is -0.410. The van der Waals surface area contributed by atoms with Crippen LogP contribution in [0, 0.1) is 0 Å². The van der Waals surface area contributed by atoms with Gasteiger partial charge < -0.3 is 10.1 Å². The molecule has 0 spiro atoms. The zero-order valence-electron chi connectivity index (χ0n) is 9.21. The summed E-state index contributed by atoms with van der Waals surface area (Å²) < 4.78 is 5.25. The van der Waals surface area contributed by atoms with Gasteiger partial charge in [-0.15, -0.1) is 0 Å². The van der Waals surface area contributed by atoms with Crippen molar-refractivity contribution in [1.29, 1.82) is 0 Å². The van der Waals surface area contributed by atoms with Gasteiger partial charge in [-0.25, -0.2) is 0 Å². The van der Waals surface area contributed by atoms with Gasteiger partial charge >= 0.3 is 0 Å². The highest BCUT2D eigenvalue weighted by atomic mass is 16.5. The molecular weight excluding hydrogens is 178 g/mol. The summed E-state index contributed by atoms with van der Waals surface area (Å²) in [7, 11) is 0. The fraction of sp³-hybridized carbons (Fsp3) is 0.909. The highest BCUT2D eigenvalue weighted by Crippen LogP contribution is 2.10. The minimum atomic E-state index is 0.156. The molecule has 0 aromatic carbocycles.